The van der Waals surface area contributed by atoms with Gasteiger partial charge in [0.2, 0.25) is 6.79 Å². The summed E-state index contributed by atoms with van der Waals surface area (Å²) in [5, 5.41) is 9.90. The first-order chi connectivity index (χ1) is 11.6. The van der Waals surface area contributed by atoms with Gasteiger partial charge < -0.3 is 19.3 Å². The molecule has 24 heavy (non-hydrogen) atoms. The second kappa shape index (κ2) is 7.88. The van der Waals surface area contributed by atoms with Crippen LogP contribution in [-0.4, -0.2) is 30.1 Å². The Morgan fingerprint density at radius 2 is 1.83 bits per heavy atom. The molecule has 0 unspecified atom stereocenters. The van der Waals surface area contributed by atoms with Crippen molar-refractivity contribution in [3.05, 3.63) is 23.8 Å². The van der Waals surface area contributed by atoms with E-state index in [9.17, 15) is 9.90 Å². The van der Waals surface area contributed by atoms with E-state index in [0.29, 0.717) is 6.79 Å². The summed E-state index contributed by atoms with van der Waals surface area (Å²) in [6.07, 6.45) is 6.30. The SMILES string of the molecule is C[C@@H]1OC(=O)[C@@H](CCCCCCCc2ccc3c(c2)OCO3)[C@H]1O. The van der Waals surface area contributed by atoms with Gasteiger partial charge in [-0.1, -0.05) is 31.7 Å². The maximum absolute atomic E-state index is 11.6. The summed E-state index contributed by atoms with van der Waals surface area (Å²) >= 11 is 0. The number of carbonyl (C=O) groups excluding carboxylic acids is 1. The molecule has 1 saturated heterocycles. The van der Waals surface area contributed by atoms with Gasteiger partial charge in [0.15, 0.2) is 11.5 Å². The second-order valence-corrected chi connectivity index (χ2v) is 6.73. The van der Waals surface area contributed by atoms with Gasteiger partial charge in [-0.3, -0.25) is 4.79 Å². The standard InChI is InChI=1S/C19H26O5/c1-13-18(20)15(19(21)24-13)8-6-4-2-3-5-7-14-9-10-16-17(11-14)23-12-22-16/h9-11,13,15,18,20H,2-8,12H2,1H3/t13-,15-,18-/m0/s1. The lowest BCUT2D eigenvalue weighted by Gasteiger charge is -2.11. The van der Waals surface area contributed by atoms with Crippen LogP contribution >= 0.6 is 0 Å². The van der Waals surface area contributed by atoms with Crippen LogP contribution in [0.3, 0.4) is 0 Å². The third-order valence-electron chi connectivity index (χ3n) is 4.92. The van der Waals surface area contributed by atoms with Gasteiger partial charge in [0.25, 0.3) is 0 Å². The van der Waals surface area contributed by atoms with E-state index in [1.807, 2.05) is 6.07 Å². The van der Waals surface area contributed by atoms with Crippen molar-refractivity contribution < 1.29 is 24.1 Å². The van der Waals surface area contributed by atoms with Crippen molar-refractivity contribution in [2.45, 2.75) is 64.1 Å². The van der Waals surface area contributed by atoms with Gasteiger partial charge in [0.1, 0.15) is 12.2 Å². The fraction of sp³-hybridized carbons (Fsp3) is 0.632. The number of rotatable bonds is 8. The van der Waals surface area contributed by atoms with Gasteiger partial charge in [-0.05, 0) is 43.9 Å². The molecule has 0 spiro atoms. The highest BCUT2D eigenvalue weighted by atomic mass is 16.7. The topological polar surface area (TPSA) is 65.0 Å². The number of aryl methyl sites for hydroxylation is 1. The van der Waals surface area contributed by atoms with Crippen molar-refractivity contribution in [1.82, 2.24) is 0 Å². The highest BCUT2D eigenvalue weighted by Crippen LogP contribution is 2.33. The van der Waals surface area contributed by atoms with E-state index in [1.54, 1.807) is 6.92 Å². The minimum Gasteiger partial charge on any atom is -0.460 e. The molecule has 2 heterocycles. The number of esters is 1. The summed E-state index contributed by atoms with van der Waals surface area (Å²) in [5.74, 6) is 1.12. The Labute approximate surface area is 142 Å². The zero-order valence-corrected chi connectivity index (χ0v) is 14.2. The molecule has 1 aromatic rings. The molecular weight excluding hydrogens is 308 g/mol. The number of cyclic esters (lactones) is 1. The molecule has 0 aliphatic carbocycles. The van der Waals surface area contributed by atoms with Crippen molar-refractivity contribution in [1.29, 1.82) is 0 Å². The average Bonchev–Trinajstić information content (AvgIpc) is 3.12. The molecule has 0 aromatic heterocycles. The molecule has 0 amide bonds. The first-order valence-corrected chi connectivity index (χ1v) is 8.92. The normalized spacial score (nSPS) is 25.1. The Balaban J connectivity index is 1.27. The van der Waals surface area contributed by atoms with Gasteiger partial charge >= 0.3 is 5.97 Å². The number of benzene rings is 1. The molecule has 1 aromatic carbocycles. The highest BCUT2D eigenvalue weighted by molar-refractivity contribution is 5.75. The molecule has 1 N–H and O–H groups in total. The van der Waals surface area contributed by atoms with Gasteiger partial charge in [-0.2, -0.15) is 0 Å². The third kappa shape index (κ3) is 4.01. The highest BCUT2D eigenvalue weighted by Gasteiger charge is 2.40. The monoisotopic (exact) mass is 334 g/mol. The number of unbranched alkanes of at least 4 members (excludes halogenated alkanes) is 4. The van der Waals surface area contributed by atoms with Gasteiger partial charge in [-0.25, -0.2) is 0 Å². The minimum absolute atomic E-state index is 0.238. The fourth-order valence-corrected chi connectivity index (χ4v) is 3.42. The lowest BCUT2D eigenvalue weighted by molar-refractivity contribution is -0.143. The van der Waals surface area contributed by atoms with Crippen LogP contribution in [0.15, 0.2) is 18.2 Å². The van der Waals surface area contributed by atoms with E-state index in [2.05, 4.69) is 12.1 Å². The van der Waals surface area contributed by atoms with Crippen LogP contribution in [0.2, 0.25) is 0 Å². The van der Waals surface area contributed by atoms with Gasteiger partial charge in [-0.15, -0.1) is 0 Å². The summed E-state index contributed by atoms with van der Waals surface area (Å²) < 4.78 is 15.8. The summed E-state index contributed by atoms with van der Waals surface area (Å²) in [6, 6.07) is 6.14. The number of carbonyl (C=O) groups is 1. The summed E-state index contributed by atoms with van der Waals surface area (Å²) in [4.78, 5) is 11.6. The molecule has 2 aliphatic rings. The molecule has 132 valence electrons. The Bertz CT molecular complexity index is 571. The van der Waals surface area contributed by atoms with E-state index < -0.39 is 6.10 Å². The van der Waals surface area contributed by atoms with Crippen LogP contribution in [0.5, 0.6) is 11.5 Å². The summed E-state index contributed by atoms with van der Waals surface area (Å²) in [7, 11) is 0. The van der Waals surface area contributed by atoms with E-state index in [-0.39, 0.29) is 18.0 Å². The van der Waals surface area contributed by atoms with Crippen molar-refractivity contribution in [2.24, 2.45) is 5.92 Å². The molecule has 0 bridgehead atoms. The number of hydrogen-bond acceptors (Lipinski definition) is 5. The van der Waals surface area contributed by atoms with Crippen LogP contribution < -0.4 is 9.47 Å². The van der Waals surface area contributed by atoms with Crippen LogP contribution in [0, 0.1) is 5.92 Å². The van der Waals surface area contributed by atoms with E-state index in [4.69, 9.17) is 14.2 Å². The molecule has 5 nitrogen and oxygen atoms in total. The lowest BCUT2D eigenvalue weighted by Crippen LogP contribution is -2.24. The van der Waals surface area contributed by atoms with Crippen LogP contribution in [0.25, 0.3) is 0 Å². The van der Waals surface area contributed by atoms with Gasteiger partial charge in [0, 0.05) is 0 Å². The lowest BCUT2D eigenvalue weighted by atomic mass is 9.95. The largest absolute Gasteiger partial charge is 0.460 e. The van der Waals surface area contributed by atoms with E-state index in [0.717, 1.165) is 50.0 Å². The molecule has 3 rings (SSSR count). The Kier molecular flexibility index (Phi) is 5.61. The molecule has 5 heteroatoms. The number of hydrogen-bond donors (Lipinski definition) is 1. The number of aliphatic hydroxyl groups is 1. The maximum atomic E-state index is 11.6. The average molecular weight is 334 g/mol. The smallest absolute Gasteiger partial charge is 0.312 e. The second-order valence-electron chi connectivity index (χ2n) is 6.73. The summed E-state index contributed by atoms with van der Waals surface area (Å²) in [6.45, 7) is 2.07. The Morgan fingerprint density at radius 1 is 1.08 bits per heavy atom. The first-order valence-electron chi connectivity index (χ1n) is 8.92. The predicted molar refractivity (Wildman–Crippen MR) is 89.0 cm³/mol. The summed E-state index contributed by atoms with van der Waals surface area (Å²) in [5.41, 5.74) is 1.28. The Morgan fingerprint density at radius 3 is 2.62 bits per heavy atom. The molecule has 0 radical (unpaired) electrons. The molecule has 3 atom stereocenters. The predicted octanol–water partition coefficient (Wildman–Crippen LogP) is 3.22. The van der Waals surface area contributed by atoms with Crippen molar-refractivity contribution in [2.75, 3.05) is 6.79 Å². The number of fused-ring (bicyclic) bond motifs is 1. The molecule has 1 fully saturated rings. The van der Waals surface area contributed by atoms with Crippen molar-refractivity contribution >= 4 is 5.97 Å². The Hall–Kier alpha value is -1.75. The van der Waals surface area contributed by atoms with Crippen molar-refractivity contribution in [3.8, 4) is 11.5 Å². The number of aliphatic hydroxyl groups excluding tert-OH is 1. The van der Waals surface area contributed by atoms with Crippen LogP contribution in [-0.2, 0) is 16.0 Å². The van der Waals surface area contributed by atoms with Crippen LogP contribution in [0.1, 0.15) is 51.0 Å². The molecule has 0 saturated carbocycles. The zero-order chi connectivity index (χ0) is 16.9. The molecular formula is C19H26O5. The zero-order valence-electron chi connectivity index (χ0n) is 14.2. The van der Waals surface area contributed by atoms with Gasteiger partial charge in [0.05, 0.1) is 5.92 Å². The van der Waals surface area contributed by atoms with E-state index >= 15 is 0 Å². The van der Waals surface area contributed by atoms with E-state index in [1.165, 1.54) is 12.0 Å². The first kappa shape index (κ1) is 17.1. The third-order valence-corrected chi connectivity index (χ3v) is 4.92. The minimum atomic E-state index is -0.636. The van der Waals surface area contributed by atoms with Crippen LogP contribution in [0.4, 0.5) is 0 Å². The maximum Gasteiger partial charge on any atom is 0.312 e. The fourth-order valence-electron chi connectivity index (χ4n) is 3.42. The quantitative estimate of drug-likeness (QED) is 0.584. The molecule has 2 aliphatic heterocycles. The number of ether oxygens (including phenoxy) is 3. The van der Waals surface area contributed by atoms with Crippen molar-refractivity contribution in [3.63, 3.8) is 0 Å².